The minimum atomic E-state index is -3.89. The molecule has 2 atom stereocenters. The highest BCUT2D eigenvalue weighted by Gasteiger charge is 2.42. The first-order valence-electron chi connectivity index (χ1n) is 7.09. The van der Waals surface area contributed by atoms with E-state index in [4.69, 9.17) is 9.05 Å². The molecule has 0 radical (unpaired) electrons. The molecule has 0 N–H and O–H groups in total. The Morgan fingerprint density at radius 2 is 1.70 bits per heavy atom. The molecule has 0 aliphatic rings. The van der Waals surface area contributed by atoms with Crippen molar-refractivity contribution in [3.63, 3.8) is 0 Å². The summed E-state index contributed by atoms with van der Waals surface area (Å²) in [5.41, 5.74) is -1.34. The molecular formula is C12H22NO9P. The van der Waals surface area contributed by atoms with Crippen LogP contribution in [0.25, 0.3) is 0 Å². The normalized spacial score (nSPS) is 13.9. The van der Waals surface area contributed by atoms with Gasteiger partial charge in [-0.2, -0.15) is 0 Å². The number of Topliss-reactive ketones (excluding diaryl/α,β-unsaturated/α-hetero) is 1. The van der Waals surface area contributed by atoms with Gasteiger partial charge in [-0.1, -0.05) is 6.92 Å². The Morgan fingerprint density at radius 1 is 1.17 bits per heavy atom. The lowest BCUT2D eigenvalue weighted by Gasteiger charge is -2.27. The van der Waals surface area contributed by atoms with Gasteiger partial charge < -0.3 is 13.8 Å². The average molecular weight is 355 g/mol. The predicted octanol–water partition coefficient (Wildman–Crippen LogP) is 2.09. The van der Waals surface area contributed by atoms with Gasteiger partial charge in [0.05, 0.1) is 13.2 Å². The minimum Gasteiger partial charge on any atom is -0.435 e. The standard InChI is InChI=1S/C12H22NO9P/c1-5-10(15)11(23(18,19-6-2)20-7-3)8-12(21-9(4)14)22-13(16)17/h11-12H,5-8H2,1-4H3. The van der Waals surface area contributed by atoms with Gasteiger partial charge in [-0.15, -0.1) is 10.1 Å². The van der Waals surface area contributed by atoms with E-state index in [1.54, 1.807) is 13.8 Å². The topological polar surface area (TPSA) is 131 Å². The van der Waals surface area contributed by atoms with Crippen LogP contribution < -0.4 is 0 Å². The molecule has 0 heterocycles. The molecule has 134 valence electrons. The van der Waals surface area contributed by atoms with Crippen molar-refractivity contribution in [1.82, 2.24) is 0 Å². The van der Waals surface area contributed by atoms with Crippen molar-refractivity contribution in [2.75, 3.05) is 13.2 Å². The lowest BCUT2D eigenvalue weighted by atomic mass is 10.1. The zero-order chi connectivity index (χ0) is 18.0. The van der Waals surface area contributed by atoms with Gasteiger partial charge in [0, 0.05) is 19.8 Å². The lowest BCUT2D eigenvalue weighted by molar-refractivity contribution is -0.779. The van der Waals surface area contributed by atoms with E-state index in [0.29, 0.717) is 0 Å². The third-order valence-electron chi connectivity index (χ3n) is 2.64. The Labute approximate surface area is 134 Å². The van der Waals surface area contributed by atoms with E-state index in [2.05, 4.69) is 9.57 Å². The van der Waals surface area contributed by atoms with Gasteiger partial charge in [-0.25, -0.2) is 0 Å². The fourth-order valence-electron chi connectivity index (χ4n) is 1.83. The molecule has 2 unspecified atom stereocenters. The second kappa shape index (κ2) is 10.3. The Balaban J connectivity index is 5.49. The van der Waals surface area contributed by atoms with Crippen molar-refractivity contribution < 1.29 is 37.9 Å². The van der Waals surface area contributed by atoms with Crippen LogP contribution in [0.3, 0.4) is 0 Å². The highest BCUT2D eigenvalue weighted by molar-refractivity contribution is 7.55. The molecule has 0 aliphatic carbocycles. The van der Waals surface area contributed by atoms with Gasteiger partial charge in [-0.05, 0) is 13.8 Å². The van der Waals surface area contributed by atoms with Gasteiger partial charge >= 0.3 is 13.6 Å². The van der Waals surface area contributed by atoms with Crippen molar-refractivity contribution in [3.8, 4) is 0 Å². The number of rotatable bonds is 12. The molecule has 0 aromatic carbocycles. The molecule has 0 aromatic heterocycles. The fourth-order valence-corrected chi connectivity index (χ4v) is 3.95. The first kappa shape index (κ1) is 21.5. The SMILES string of the molecule is CCOP(=O)(OCC)C(CC(OC(C)=O)O[N+](=O)[O-])C(=O)CC. The molecule has 10 nitrogen and oxygen atoms in total. The quantitative estimate of drug-likeness (QED) is 0.170. The van der Waals surface area contributed by atoms with Crippen LogP contribution in [0.1, 0.15) is 40.5 Å². The van der Waals surface area contributed by atoms with Crippen LogP contribution in [-0.4, -0.2) is 42.0 Å². The smallest absolute Gasteiger partial charge is 0.341 e. The fraction of sp³-hybridized carbons (Fsp3) is 0.833. The molecule has 0 fully saturated rings. The number of hydrogen-bond acceptors (Lipinski definition) is 9. The van der Waals surface area contributed by atoms with Gasteiger partial charge in [-0.3, -0.25) is 19.0 Å². The largest absolute Gasteiger partial charge is 0.435 e. The molecule has 0 amide bonds. The van der Waals surface area contributed by atoms with Crippen LogP contribution in [0.15, 0.2) is 0 Å². The van der Waals surface area contributed by atoms with E-state index in [0.717, 1.165) is 6.92 Å². The summed E-state index contributed by atoms with van der Waals surface area (Å²) in [6.45, 7) is 5.72. The Hall–Kier alpha value is -1.51. The first-order chi connectivity index (χ1) is 10.7. The minimum absolute atomic E-state index is 0.0000605. The molecular weight excluding hydrogens is 333 g/mol. The van der Waals surface area contributed by atoms with E-state index in [1.165, 1.54) is 6.92 Å². The zero-order valence-electron chi connectivity index (χ0n) is 13.6. The highest BCUT2D eigenvalue weighted by Crippen LogP contribution is 2.55. The maximum Gasteiger partial charge on any atom is 0.341 e. The maximum atomic E-state index is 12.8. The zero-order valence-corrected chi connectivity index (χ0v) is 14.4. The number of carbonyl (C=O) groups excluding carboxylic acids is 2. The molecule has 0 rings (SSSR count). The molecule has 23 heavy (non-hydrogen) atoms. The van der Waals surface area contributed by atoms with Crippen LogP contribution in [-0.2, 0) is 32.8 Å². The number of nitrogens with zero attached hydrogens (tertiary/aromatic N) is 1. The molecule has 0 saturated carbocycles. The molecule has 0 saturated heterocycles. The number of carbonyl (C=O) groups is 2. The monoisotopic (exact) mass is 355 g/mol. The van der Waals surface area contributed by atoms with Crippen molar-refractivity contribution in [1.29, 1.82) is 0 Å². The van der Waals surface area contributed by atoms with E-state index >= 15 is 0 Å². The van der Waals surface area contributed by atoms with Gasteiger partial charge in [0.2, 0.25) is 6.29 Å². The van der Waals surface area contributed by atoms with Crippen LogP contribution in [0.4, 0.5) is 0 Å². The summed E-state index contributed by atoms with van der Waals surface area (Å²) in [6.07, 6.45) is -2.19. The predicted molar refractivity (Wildman–Crippen MR) is 78.2 cm³/mol. The van der Waals surface area contributed by atoms with Crippen LogP contribution in [0.5, 0.6) is 0 Å². The third kappa shape index (κ3) is 7.54. The molecule has 0 spiro atoms. The molecule has 0 aromatic rings. The van der Waals surface area contributed by atoms with Gasteiger partial charge in [0.25, 0.3) is 5.09 Å². The maximum absolute atomic E-state index is 12.8. The van der Waals surface area contributed by atoms with Crippen molar-refractivity contribution in [2.45, 2.75) is 52.5 Å². The van der Waals surface area contributed by atoms with Gasteiger partial charge in [0.1, 0.15) is 11.4 Å². The molecule has 0 aliphatic heterocycles. The summed E-state index contributed by atoms with van der Waals surface area (Å²) in [7, 11) is -3.89. The second-order valence-corrected chi connectivity index (χ2v) is 6.53. The average Bonchev–Trinajstić information content (AvgIpc) is 2.42. The molecule has 11 heteroatoms. The Kier molecular flexibility index (Phi) is 9.62. The summed E-state index contributed by atoms with van der Waals surface area (Å²) in [5, 5.41) is 9.33. The van der Waals surface area contributed by atoms with Crippen LogP contribution in [0.2, 0.25) is 0 Å². The summed E-state index contributed by atoms with van der Waals surface area (Å²) in [4.78, 5) is 37.9. The lowest BCUT2D eigenvalue weighted by Crippen LogP contribution is -2.32. The summed E-state index contributed by atoms with van der Waals surface area (Å²) in [5.74, 6) is -1.35. The van der Waals surface area contributed by atoms with E-state index < -0.39 is 42.8 Å². The van der Waals surface area contributed by atoms with E-state index in [-0.39, 0.29) is 19.6 Å². The number of ketones is 1. The Bertz CT molecular complexity index is 441. The number of esters is 1. The van der Waals surface area contributed by atoms with Crippen molar-refractivity contribution in [2.24, 2.45) is 0 Å². The highest BCUT2D eigenvalue weighted by atomic mass is 31.2. The number of ether oxygens (including phenoxy) is 1. The second-order valence-electron chi connectivity index (χ2n) is 4.31. The first-order valence-corrected chi connectivity index (χ1v) is 8.71. The third-order valence-corrected chi connectivity index (χ3v) is 5.14. The van der Waals surface area contributed by atoms with Crippen molar-refractivity contribution >= 4 is 19.3 Å². The molecule has 0 bridgehead atoms. The summed E-state index contributed by atoms with van der Waals surface area (Å²) >= 11 is 0. The Morgan fingerprint density at radius 3 is 2.04 bits per heavy atom. The van der Waals surface area contributed by atoms with E-state index in [9.17, 15) is 24.3 Å². The summed E-state index contributed by atoms with van der Waals surface area (Å²) < 4.78 is 27.7. The van der Waals surface area contributed by atoms with Crippen LogP contribution in [0, 0.1) is 10.1 Å². The van der Waals surface area contributed by atoms with Gasteiger partial charge in [0.15, 0.2) is 0 Å². The summed E-state index contributed by atoms with van der Waals surface area (Å²) in [6, 6.07) is 0. The number of hydrogen-bond donors (Lipinski definition) is 0. The van der Waals surface area contributed by atoms with Crippen LogP contribution >= 0.6 is 7.60 Å². The van der Waals surface area contributed by atoms with Crippen molar-refractivity contribution in [3.05, 3.63) is 10.1 Å². The van der Waals surface area contributed by atoms with E-state index in [1.807, 2.05) is 0 Å².